The molecule has 0 aliphatic carbocycles. The van der Waals surface area contributed by atoms with Crippen molar-refractivity contribution in [1.82, 2.24) is 5.01 Å². The molecule has 0 atom stereocenters. The van der Waals surface area contributed by atoms with E-state index in [1.54, 1.807) is 36.3 Å². The lowest BCUT2D eigenvalue weighted by Gasteiger charge is -2.26. The van der Waals surface area contributed by atoms with Crippen LogP contribution < -0.4 is 5.01 Å². The molecular weight excluding hydrogens is 276 g/mol. The van der Waals surface area contributed by atoms with E-state index in [-0.39, 0.29) is 11.7 Å². The molecular formula is C11H13ClN2O3S. The van der Waals surface area contributed by atoms with Gasteiger partial charge < -0.3 is 0 Å². The molecule has 0 radical (unpaired) electrons. The van der Waals surface area contributed by atoms with E-state index in [1.165, 1.54) is 0 Å². The van der Waals surface area contributed by atoms with E-state index in [0.29, 0.717) is 18.5 Å². The summed E-state index contributed by atoms with van der Waals surface area (Å²) in [7, 11) is 3.37. The zero-order valence-electron chi connectivity index (χ0n) is 9.84. The highest BCUT2D eigenvalue weighted by Gasteiger charge is 2.25. The predicted molar refractivity (Wildman–Crippen MR) is 69.7 cm³/mol. The molecule has 0 saturated carbocycles. The highest BCUT2D eigenvalue weighted by molar-refractivity contribution is 8.13. The van der Waals surface area contributed by atoms with Gasteiger partial charge in [0.05, 0.1) is 11.4 Å². The first-order valence-electron chi connectivity index (χ1n) is 5.42. The summed E-state index contributed by atoms with van der Waals surface area (Å²) < 4.78 is 21.9. The molecule has 1 heterocycles. The van der Waals surface area contributed by atoms with Crippen LogP contribution in [0.5, 0.6) is 0 Å². The van der Waals surface area contributed by atoms with Gasteiger partial charge in [0.25, 0.3) is 0 Å². The fraction of sp³-hybridized carbons (Fsp3) is 0.364. The number of hydrazine groups is 1. The molecule has 2 rings (SSSR count). The second-order valence-electron chi connectivity index (χ2n) is 4.14. The number of benzene rings is 1. The zero-order chi connectivity index (χ0) is 13.3. The van der Waals surface area contributed by atoms with Crippen LogP contribution >= 0.6 is 10.7 Å². The van der Waals surface area contributed by atoms with E-state index in [2.05, 4.69) is 0 Å². The lowest BCUT2D eigenvalue weighted by molar-refractivity contribution is -0.126. The Bertz CT molecular complexity index is 556. The van der Waals surface area contributed by atoms with Crippen molar-refractivity contribution in [2.24, 2.45) is 0 Å². The molecule has 98 valence electrons. The molecule has 5 nitrogen and oxygen atoms in total. The Hall–Kier alpha value is -1.27. The van der Waals surface area contributed by atoms with Crippen LogP contribution in [0.15, 0.2) is 24.3 Å². The summed E-state index contributed by atoms with van der Waals surface area (Å²) in [6, 6.07) is 6.97. The van der Waals surface area contributed by atoms with Crippen LogP contribution in [0.2, 0.25) is 0 Å². The fourth-order valence-electron chi connectivity index (χ4n) is 1.91. The average Bonchev–Trinajstić information content (AvgIpc) is 2.59. The molecule has 0 unspecified atom stereocenters. The second kappa shape index (κ2) is 4.78. The Kier molecular flexibility index (Phi) is 3.49. The Labute approximate surface area is 110 Å². The van der Waals surface area contributed by atoms with Crippen LogP contribution in [-0.4, -0.2) is 32.9 Å². The van der Waals surface area contributed by atoms with E-state index in [1.807, 2.05) is 5.01 Å². The molecule has 7 heteroatoms. The van der Waals surface area contributed by atoms with Gasteiger partial charge in [0, 0.05) is 30.7 Å². The third-order valence-electron chi connectivity index (χ3n) is 2.83. The topological polar surface area (TPSA) is 57.7 Å². The Morgan fingerprint density at radius 3 is 2.33 bits per heavy atom. The van der Waals surface area contributed by atoms with E-state index >= 15 is 0 Å². The first-order chi connectivity index (χ1) is 8.37. The first-order valence-corrected chi connectivity index (χ1v) is 7.90. The van der Waals surface area contributed by atoms with Gasteiger partial charge in [-0.1, -0.05) is 12.1 Å². The summed E-state index contributed by atoms with van der Waals surface area (Å²) in [4.78, 5) is 11.4. The molecule has 1 fully saturated rings. The first kappa shape index (κ1) is 13.2. The molecule has 1 amide bonds. The smallest absolute Gasteiger partial charge is 0.242 e. The normalized spacial score (nSPS) is 16.4. The molecule has 1 saturated heterocycles. The lowest BCUT2D eigenvalue weighted by Crippen LogP contribution is -2.35. The number of amides is 1. The standard InChI is InChI=1S/C11H13ClN2O3S/c1-13-11(15)6-7-14(13)10-4-2-9(3-5-10)8-18(12,16)17/h2-5H,6-8H2,1H3. The van der Waals surface area contributed by atoms with Crippen molar-refractivity contribution in [3.05, 3.63) is 29.8 Å². The van der Waals surface area contributed by atoms with Gasteiger partial charge in [0.2, 0.25) is 15.0 Å². The number of anilines is 1. The predicted octanol–water partition coefficient (Wildman–Crippen LogP) is 1.34. The number of hydrogen-bond acceptors (Lipinski definition) is 4. The van der Waals surface area contributed by atoms with Gasteiger partial charge in [0.1, 0.15) is 0 Å². The molecule has 1 aromatic rings. The minimum atomic E-state index is -3.53. The van der Waals surface area contributed by atoms with Crippen molar-refractivity contribution in [2.75, 3.05) is 18.6 Å². The summed E-state index contributed by atoms with van der Waals surface area (Å²) >= 11 is 0. The number of halogens is 1. The van der Waals surface area contributed by atoms with Crippen LogP contribution in [0.4, 0.5) is 5.69 Å². The van der Waals surface area contributed by atoms with Crippen molar-refractivity contribution >= 4 is 31.3 Å². The quantitative estimate of drug-likeness (QED) is 0.788. The SMILES string of the molecule is CN1C(=O)CCN1c1ccc(CS(=O)(=O)Cl)cc1. The molecule has 1 aliphatic rings. The van der Waals surface area contributed by atoms with Crippen LogP contribution in [-0.2, 0) is 19.6 Å². The summed E-state index contributed by atoms with van der Waals surface area (Å²) in [5.41, 5.74) is 1.49. The zero-order valence-corrected chi connectivity index (χ0v) is 11.4. The maximum absolute atomic E-state index is 11.4. The van der Waals surface area contributed by atoms with Crippen molar-refractivity contribution in [2.45, 2.75) is 12.2 Å². The maximum atomic E-state index is 11.4. The van der Waals surface area contributed by atoms with Gasteiger partial charge in [-0.3, -0.25) is 14.8 Å². The van der Waals surface area contributed by atoms with Gasteiger partial charge in [0.15, 0.2) is 0 Å². The highest BCUT2D eigenvalue weighted by atomic mass is 35.7. The second-order valence-corrected chi connectivity index (χ2v) is 6.92. The monoisotopic (exact) mass is 288 g/mol. The number of carbonyl (C=O) groups excluding carboxylic acids is 1. The number of hydrogen-bond donors (Lipinski definition) is 0. The van der Waals surface area contributed by atoms with E-state index in [4.69, 9.17) is 10.7 Å². The van der Waals surface area contributed by atoms with Gasteiger partial charge in [-0.2, -0.15) is 0 Å². The van der Waals surface area contributed by atoms with E-state index < -0.39 is 9.05 Å². The van der Waals surface area contributed by atoms with Crippen LogP contribution in [0.25, 0.3) is 0 Å². The van der Waals surface area contributed by atoms with Crippen LogP contribution in [0.1, 0.15) is 12.0 Å². The minimum Gasteiger partial charge on any atom is -0.283 e. The third kappa shape index (κ3) is 2.94. The Balaban J connectivity index is 2.15. The summed E-state index contributed by atoms with van der Waals surface area (Å²) in [6.45, 7) is 0.641. The fourth-order valence-corrected chi connectivity index (χ4v) is 2.88. The van der Waals surface area contributed by atoms with Gasteiger partial charge in [-0.25, -0.2) is 8.42 Å². The molecule has 1 aliphatic heterocycles. The van der Waals surface area contributed by atoms with Gasteiger partial charge in [-0.15, -0.1) is 0 Å². The minimum absolute atomic E-state index is 0.0717. The van der Waals surface area contributed by atoms with Crippen LogP contribution in [0, 0.1) is 0 Å². The summed E-state index contributed by atoms with van der Waals surface area (Å²) in [5.74, 6) is -0.119. The number of nitrogens with zero attached hydrogens (tertiary/aromatic N) is 2. The summed E-state index contributed by atoms with van der Waals surface area (Å²) in [6.07, 6.45) is 0.494. The Morgan fingerprint density at radius 2 is 1.89 bits per heavy atom. The van der Waals surface area contributed by atoms with Gasteiger partial charge in [-0.05, 0) is 17.7 Å². The average molecular weight is 289 g/mol. The molecule has 0 bridgehead atoms. The van der Waals surface area contributed by atoms with Crippen molar-refractivity contribution in [3.8, 4) is 0 Å². The van der Waals surface area contributed by atoms with E-state index in [9.17, 15) is 13.2 Å². The lowest BCUT2D eigenvalue weighted by atomic mass is 10.2. The maximum Gasteiger partial charge on any atom is 0.242 e. The molecule has 0 spiro atoms. The molecule has 0 aromatic heterocycles. The Morgan fingerprint density at radius 1 is 1.28 bits per heavy atom. The molecule has 0 N–H and O–H groups in total. The van der Waals surface area contributed by atoms with Gasteiger partial charge >= 0.3 is 0 Å². The highest BCUT2D eigenvalue weighted by Crippen LogP contribution is 2.22. The third-order valence-corrected chi connectivity index (χ3v) is 3.84. The van der Waals surface area contributed by atoms with Crippen LogP contribution in [0.3, 0.4) is 0 Å². The number of carbonyl (C=O) groups is 1. The van der Waals surface area contributed by atoms with Crippen molar-refractivity contribution in [3.63, 3.8) is 0 Å². The number of rotatable bonds is 3. The largest absolute Gasteiger partial charge is 0.283 e. The summed E-state index contributed by atoms with van der Waals surface area (Å²) in [5, 5.41) is 3.41. The van der Waals surface area contributed by atoms with Crippen molar-refractivity contribution < 1.29 is 13.2 Å². The van der Waals surface area contributed by atoms with Crippen molar-refractivity contribution in [1.29, 1.82) is 0 Å². The molecule has 18 heavy (non-hydrogen) atoms. The molecule has 1 aromatic carbocycles. The van der Waals surface area contributed by atoms with E-state index in [0.717, 1.165) is 5.69 Å².